The lowest BCUT2D eigenvalue weighted by molar-refractivity contribution is -0.144. The lowest BCUT2D eigenvalue weighted by Gasteiger charge is -2.34. The molecule has 2 aromatic rings. The first-order valence-corrected chi connectivity index (χ1v) is 15.2. The molecule has 3 fully saturated rings. The van der Waals surface area contributed by atoms with Crippen molar-refractivity contribution in [2.75, 3.05) is 11.9 Å². The minimum Gasteiger partial charge on any atom is -0.356 e. The van der Waals surface area contributed by atoms with Gasteiger partial charge in [-0.2, -0.15) is 0 Å². The molecular weight excluding hydrogens is 561 g/mol. The summed E-state index contributed by atoms with van der Waals surface area (Å²) >= 11 is 12.2. The van der Waals surface area contributed by atoms with E-state index in [2.05, 4.69) is 10.6 Å². The van der Waals surface area contributed by atoms with Crippen LogP contribution in [0.25, 0.3) is 0 Å². The molecule has 2 bridgehead atoms. The van der Waals surface area contributed by atoms with Crippen molar-refractivity contribution in [3.8, 4) is 0 Å². The maximum atomic E-state index is 14.3. The predicted octanol–water partition coefficient (Wildman–Crippen LogP) is 5.47. The minimum atomic E-state index is -1.22. The molecule has 0 aromatic heterocycles. The number of hydrogen-bond acceptors (Lipinski definition) is 4. The summed E-state index contributed by atoms with van der Waals surface area (Å²) < 4.78 is 6.63. The van der Waals surface area contributed by atoms with Gasteiger partial charge in [-0.15, -0.1) is 0 Å². The van der Waals surface area contributed by atoms with Crippen molar-refractivity contribution in [2.45, 2.75) is 75.7 Å². The Balaban J connectivity index is 1.32. The Kier molecular flexibility index (Phi) is 7.41. The third kappa shape index (κ3) is 4.96. The molecule has 1 aliphatic carbocycles. The average molecular weight is 597 g/mol. The molecule has 2 N–H and O–H groups in total. The number of halogens is 2. The van der Waals surface area contributed by atoms with Crippen LogP contribution >= 0.6 is 23.2 Å². The maximum absolute atomic E-state index is 14.3. The third-order valence-electron chi connectivity index (χ3n) is 9.23. The first-order valence-electron chi connectivity index (χ1n) is 14.4. The summed E-state index contributed by atoms with van der Waals surface area (Å²) in [5.41, 5.74) is 0.446. The highest BCUT2D eigenvalue weighted by atomic mass is 35.5. The number of likely N-dealkylation sites (tertiary alicyclic amines) is 1. The molecule has 216 valence electrons. The van der Waals surface area contributed by atoms with E-state index in [9.17, 15) is 14.4 Å². The standard InChI is InChI=1S/C32H35Cl2N3O4/c1-19-8-10-20(11-9-19)14-17-37-27(29(39)35-21-6-4-3-5-7-21)32-16-15-31(2,41-32)25(26(32)30(37)40)28(38)36-22-12-13-23(33)24(34)18-22/h8-13,15-16,18,21,25-27H,3-7,14,17H2,1-2H3,(H,35,39)(H,36,38)/t25-,26+,27-,31+,32+/m1/s1. The SMILES string of the molecule is Cc1ccc(CCN2C(=O)[C@@H]3[C@H](C(=O)Nc4ccc(Cl)c(Cl)c4)[C@]4(C)C=C[C@@]3(O4)[C@H]2C(=O)NC2CCCCC2)cc1. The topological polar surface area (TPSA) is 87.7 Å². The van der Waals surface area contributed by atoms with Crippen molar-refractivity contribution < 1.29 is 19.1 Å². The maximum Gasteiger partial charge on any atom is 0.246 e. The van der Waals surface area contributed by atoms with Crippen LogP contribution in [0.2, 0.25) is 10.0 Å². The van der Waals surface area contributed by atoms with Gasteiger partial charge in [0.05, 0.1) is 27.5 Å². The van der Waals surface area contributed by atoms with Crippen LogP contribution in [0.1, 0.15) is 50.2 Å². The zero-order valence-electron chi connectivity index (χ0n) is 23.3. The van der Waals surface area contributed by atoms with Crippen molar-refractivity contribution in [1.82, 2.24) is 10.2 Å². The van der Waals surface area contributed by atoms with E-state index in [0.717, 1.165) is 36.8 Å². The zero-order chi connectivity index (χ0) is 28.9. The fourth-order valence-electron chi connectivity index (χ4n) is 7.20. The molecule has 2 aromatic carbocycles. The number of ether oxygens (including phenoxy) is 1. The number of fused-ring (bicyclic) bond motifs is 1. The van der Waals surface area contributed by atoms with Crippen LogP contribution < -0.4 is 10.6 Å². The highest BCUT2D eigenvalue weighted by molar-refractivity contribution is 6.42. The highest BCUT2D eigenvalue weighted by Gasteiger charge is 2.76. The molecule has 3 heterocycles. The number of aryl methyl sites for hydroxylation is 1. The number of rotatable bonds is 7. The van der Waals surface area contributed by atoms with Gasteiger partial charge in [0.15, 0.2) is 0 Å². The summed E-state index contributed by atoms with van der Waals surface area (Å²) in [5.74, 6) is -2.47. The third-order valence-corrected chi connectivity index (χ3v) is 9.97. The summed E-state index contributed by atoms with van der Waals surface area (Å²) in [5, 5.41) is 6.85. The molecule has 0 unspecified atom stereocenters. The van der Waals surface area contributed by atoms with Crippen LogP contribution in [0.3, 0.4) is 0 Å². The van der Waals surface area contributed by atoms with Gasteiger partial charge in [-0.25, -0.2) is 0 Å². The largest absolute Gasteiger partial charge is 0.356 e. The lowest BCUT2D eigenvalue weighted by atomic mass is 9.70. The number of nitrogens with zero attached hydrogens (tertiary/aromatic N) is 1. The van der Waals surface area contributed by atoms with Gasteiger partial charge in [0, 0.05) is 18.3 Å². The van der Waals surface area contributed by atoms with Crippen molar-refractivity contribution in [3.63, 3.8) is 0 Å². The molecule has 9 heteroatoms. The van der Waals surface area contributed by atoms with Gasteiger partial charge in [-0.05, 0) is 56.9 Å². The fraction of sp³-hybridized carbons (Fsp3) is 0.469. The van der Waals surface area contributed by atoms with Gasteiger partial charge in [0.25, 0.3) is 0 Å². The summed E-state index contributed by atoms with van der Waals surface area (Å²) in [6, 6.07) is 12.2. The van der Waals surface area contributed by atoms with E-state index < -0.39 is 29.1 Å². The minimum absolute atomic E-state index is 0.0765. The van der Waals surface area contributed by atoms with Crippen LogP contribution in [0.4, 0.5) is 5.69 Å². The van der Waals surface area contributed by atoms with Gasteiger partial charge in [-0.1, -0.05) is 84.4 Å². The number of anilines is 1. The first-order chi connectivity index (χ1) is 19.6. The Morgan fingerprint density at radius 2 is 1.73 bits per heavy atom. The van der Waals surface area contributed by atoms with Crippen LogP contribution in [-0.4, -0.2) is 52.5 Å². The summed E-state index contributed by atoms with van der Waals surface area (Å²) in [4.78, 5) is 43.8. The van der Waals surface area contributed by atoms with E-state index in [1.54, 1.807) is 23.1 Å². The van der Waals surface area contributed by atoms with E-state index >= 15 is 0 Å². The molecular formula is C32H35Cl2N3O4. The smallest absolute Gasteiger partial charge is 0.246 e. The van der Waals surface area contributed by atoms with Crippen LogP contribution in [0, 0.1) is 18.8 Å². The van der Waals surface area contributed by atoms with E-state index in [1.165, 1.54) is 6.42 Å². The van der Waals surface area contributed by atoms with Crippen molar-refractivity contribution in [3.05, 3.63) is 75.8 Å². The van der Waals surface area contributed by atoms with Gasteiger partial charge < -0.3 is 20.3 Å². The zero-order valence-corrected chi connectivity index (χ0v) is 24.8. The molecule has 7 nitrogen and oxygen atoms in total. The van der Waals surface area contributed by atoms with Gasteiger partial charge in [0.2, 0.25) is 17.7 Å². The molecule has 1 spiro atoms. The Labute approximate surface area is 250 Å². The summed E-state index contributed by atoms with van der Waals surface area (Å²) in [6.07, 6.45) is 9.46. The van der Waals surface area contributed by atoms with Gasteiger partial charge >= 0.3 is 0 Å². The van der Waals surface area contributed by atoms with Crippen LogP contribution in [0.15, 0.2) is 54.6 Å². The summed E-state index contributed by atoms with van der Waals surface area (Å²) in [7, 11) is 0. The van der Waals surface area contributed by atoms with E-state index in [4.69, 9.17) is 27.9 Å². The second kappa shape index (κ2) is 10.8. The van der Waals surface area contributed by atoms with Crippen molar-refractivity contribution in [2.24, 2.45) is 11.8 Å². The number of amides is 3. The van der Waals surface area contributed by atoms with Crippen LogP contribution in [0.5, 0.6) is 0 Å². The van der Waals surface area contributed by atoms with Crippen molar-refractivity contribution in [1.29, 1.82) is 0 Å². The second-order valence-electron chi connectivity index (χ2n) is 12.1. The molecule has 4 aliphatic rings. The number of hydrogen-bond donors (Lipinski definition) is 2. The molecule has 41 heavy (non-hydrogen) atoms. The normalized spacial score (nSPS) is 30.5. The first kappa shape index (κ1) is 28.3. The van der Waals surface area contributed by atoms with Crippen molar-refractivity contribution >= 4 is 46.6 Å². The molecule has 6 rings (SSSR count). The molecule has 0 radical (unpaired) electrons. The molecule has 1 saturated carbocycles. The summed E-state index contributed by atoms with van der Waals surface area (Å²) in [6.45, 7) is 4.19. The highest BCUT2D eigenvalue weighted by Crippen LogP contribution is 2.59. The predicted molar refractivity (Wildman–Crippen MR) is 159 cm³/mol. The average Bonchev–Trinajstić information content (AvgIpc) is 3.51. The quantitative estimate of drug-likeness (QED) is 0.415. The molecule has 5 atom stereocenters. The Morgan fingerprint density at radius 1 is 1.00 bits per heavy atom. The molecule has 3 amide bonds. The van der Waals surface area contributed by atoms with Crippen LogP contribution in [-0.2, 0) is 25.5 Å². The van der Waals surface area contributed by atoms with Gasteiger partial charge in [-0.3, -0.25) is 14.4 Å². The monoisotopic (exact) mass is 595 g/mol. The molecule has 3 aliphatic heterocycles. The van der Waals surface area contributed by atoms with E-state index in [0.29, 0.717) is 28.7 Å². The Bertz CT molecular complexity index is 1410. The van der Waals surface area contributed by atoms with E-state index in [1.807, 2.05) is 50.3 Å². The number of nitrogens with one attached hydrogen (secondary N) is 2. The Hall–Kier alpha value is -2.87. The Morgan fingerprint density at radius 3 is 2.44 bits per heavy atom. The van der Waals surface area contributed by atoms with Gasteiger partial charge in [0.1, 0.15) is 11.6 Å². The lowest BCUT2D eigenvalue weighted by Crippen LogP contribution is -2.57. The second-order valence-corrected chi connectivity index (χ2v) is 12.9. The number of carbonyl (C=O) groups excluding carboxylic acids is 3. The molecule has 2 saturated heterocycles. The fourth-order valence-corrected chi connectivity index (χ4v) is 7.49. The number of carbonyl (C=O) groups is 3. The van der Waals surface area contributed by atoms with E-state index in [-0.39, 0.29) is 23.8 Å². The number of benzene rings is 2.